The Balaban J connectivity index is 2.13. The fourth-order valence-corrected chi connectivity index (χ4v) is 3.18. The number of aromatic nitrogens is 3. The summed E-state index contributed by atoms with van der Waals surface area (Å²) in [5.41, 5.74) is 0.604. The Labute approximate surface area is 147 Å². The van der Waals surface area contributed by atoms with Crippen molar-refractivity contribution in [1.29, 1.82) is 0 Å². The van der Waals surface area contributed by atoms with E-state index in [1.807, 2.05) is 4.57 Å². The number of fused-ring (bicyclic) bond motifs is 1. The number of carbonyl (C=O) groups excluding carboxylic acids is 1. The highest BCUT2D eigenvalue weighted by atomic mass is 16.3. The maximum absolute atomic E-state index is 12.2. The lowest BCUT2D eigenvalue weighted by molar-refractivity contribution is -0.124. The van der Waals surface area contributed by atoms with Gasteiger partial charge >= 0.3 is 0 Å². The minimum absolute atomic E-state index is 0.181. The summed E-state index contributed by atoms with van der Waals surface area (Å²) in [6, 6.07) is 3.55. The van der Waals surface area contributed by atoms with Crippen LogP contribution in [0.25, 0.3) is 11.2 Å². The second kappa shape index (κ2) is 6.07. The predicted molar refractivity (Wildman–Crippen MR) is 95.2 cm³/mol. The Morgan fingerprint density at radius 2 is 2.08 bits per heavy atom. The number of pyridine rings is 1. The molecule has 25 heavy (non-hydrogen) atoms. The SMILES string of the molecule is CC[C@@H](O)C(=O)Nc1nc2ccc(C(C)(C)O)nc2n1C1(C)CCC1. The van der Waals surface area contributed by atoms with Crippen LogP contribution in [0.15, 0.2) is 12.1 Å². The maximum Gasteiger partial charge on any atom is 0.255 e. The van der Waals surface area contributed by atoms with Crippen LogP contribution in [-0.4, -0.2) is 36.8 Å². The molecule has 2 aromatic heterocycles. The van der Waals surface area contributed by atoms with Crippen LogP contribution in [0.2, 0.25) is 0 Å². The summed E-state index contributed by atoms with van der Waals surface area (Å²) in [5, 5.41) is 22.8. The van der Waals surface area contributed by atoms with Crippen LogP contribution >= 0.6 is 0 Å². The van der Waals surface area contributed by atoms with E-state index in [9.17, 15) is 15.0 Å². The number of aliphatic hydroxyl groups excluding tert-OH is 1. The molecule has 1 fully saturated rings. The smallest absolute Gasteiger partial charge is 0.255 e. The fourth-order valence-electron chi connectivity index (χ4n) is 3.18. The molecular weight excluding hydrogens is 320 g/mol. The van der Waals surface area contributed by atoms with E-state index >= 15 is 0 Å². The highest BCUT2D eigenvalue weighted by Gasteiger charge is 2.38. The lowest BCUT2D eigenvalue weighted by atomic mass is 9.78. The third kappa shape index (κ3) is 3.14. The molecule has 1 amide bonds. The van der Waals surface area contributed by atoms with Gasteiger partial charge in [-0.05, 0) is 58.6 Å². The number of nitrogens with zero attached hydrogens (tertiary/aromatic N) is 3. The van der Waals surface area contributed by atoms with E-state index in [1.54, 1.807) is 32.9 Å². The predicted octanol–water partition coefficient (Wildman–Crippen LogP) is 2.27. The molecule has 7 nitrogen and oxygen atoms in total. The summed E-state index contributed by atoms with van der Waals surface area (Å²) in [6.45, 7) is 7.24. The molecule has 0 saturated heterocycles. The van der Waals surface area contributed by atoms with Crippen LogP contribution < -0.4 is 5.32 Å². The van der Waals surface area contributed by atoms with Gasteiger partial charge in [-0.2, -0.15) is 0 Å². The van der Waals surface area contributed by atoms with Crippen molar-refractivity contribution in [2.24, 2.45) is 0 Å². The Morgan fingerprint density at radius 1 is 1.40 bits per heavy atom. The number of nitrogens with one attached hydrogen (secondary N) is 1. The van der Waals surface area contributed by atoms with Gasteiger partial charge < -0.3 is 10.2 Å². The normalized spacial score (nSPS) is 18.0. The van der Waals surface area contributed by atoms with E-state index in [-0.39, 0.29) is 5.54 Å². The third-order valence-electron chi connectivity index (χ3n) is 5.03. The number of anilines is 1. The van der Waals surface area contributed by atoms with E-state index in [2.05, 4.69) is 22.2 Å². The Morgan fingerprint density at radius 3 is 2.60 bits per heavy atom. The number of aliphatic hydroxyl groups is 2. The summed E-state index contributed by atoms with van der Waals surface area (Å²) in [5.74, 6) is -0.0696. The van der Waals surface area contributed by atoms with Crippen molar-refractivity contribution >= 4 is 23.0 Å². The van der Waals surface area contributed by atoms with E-state index in [0.29, 0.717) is 29.2 Å². The lowest BCUT2D eigenvalue weighted by Gasteiger charge is -2.40. The number of hydrogen-bond acceptors (Lipinski definition) is 5. The zero-order chi connectivity index (χ0) is 18.4. The van der Waals surface area contributed by atoms with Gasteiger partial charge in [0.25, 0.3) is 5.91 Å². The molecule has 7 heteroatoms. The zero-order valence-corrected chi connectivity index (χ0v) is 15.2. The monoisotopic (exact) mass is 346 g/mol. The van der Waals surface area contributed by atoms with Crippen molar-refractivity contribution in [2.45, 2.75) is 70.6 Å². The molecule has 2 heterocycles. The molecule has 0 aromatic carbocycles. The van der Waals surface area contributed by atoms with Gasteiger partial charge in [-0.25, -0.2) is 9.97 Å². The molecule has 3 rings (SSSR count). The van der Waals surface area contributed by atoms with Crippen molar-refractivity contribution in [3.8, 4) is 0 Å². The van der Waals surface area contributed by atoms with Gasteiger partial charge in [0, 0.05) is 5.54 Å². The minimum Gasteiger partial charge on any atom is -0.384 e. The first-order chi connectivity index (χ1) is 11.7. The molecule has 136 valence electrons. The number of amides is 1. The van der Waals surface area contributed by atoms with Crippen molar-refractivity contribution in [1.82, 2.24) is 14.5 Å². The lowest BCUT2D eigenvalue weighted by Crippen LogP contribution is -2.39. The summed E-state index contributed by atoms with van der Waals surface area (Å²) in [4.78, 5) is 21.3. The summed E-state index contributed by atoms with van der Waals surface area (Å²) < 4.78 is 1.95. The molecule has 0 aliphatic heterocycles. The second-order valence-corrected chi connectivity index (χ2v) is 7.63. The molecular formula is C18H26N4O3. The van der Waals surface area contributed by atoms with Gasteiger partial charge in [0.15, 0.2) is 5.65 Å². The maximum atomic E-state index is 12.2. The van der Waals surface area contributed by atoms with Crippen LogP contribution in [0.3, 0.4) is 0 Å². The Kier molecular flexibility index (Phi) is 4.33. The summed E-state index contributed by atoms with van der Waals surface area (Å²) in [7, 11) is 0. The van der Waals surface area contributed by atoms with Crippen LogP contribution in [-0.2, 0) is 15.9 Å². The van der Waals surface area contributed by atoms with E-state index in [0.717, 1.165) is 19.3 Å². The average molecular weight is 346 g/mol. The largest absolute Gasteiger partial charge is 0.384 e. The molecule has 0 unspecified atom stereocenters. The molecule has 1 aliphatic carbocycles. The summed E-state index contributed by atoms with van der Waals surface area (Å²) >= 11 is 0. The molecule has 2 aromatic rings. The average Bonchev–Trinajstić information content (AvgIpc) is 2.88. The van der Waals surface area contributed by atoms with Gasteiger partial charge in [0.05, 0.1) is 5.69 Å². The fraction of sp³-hybridized carbons (Fsp3) is 0.611. The van der Waals surface area contributed by atoms with Crippen molar-refractivity contribution in [3.63, 3.8) is 0 Å². The number of carbonyl (C=O) groups is 1. The van der Waals surface area contributed by atoms with Crippen LogP contribution in [0.1, 0.15) is 59.1 Å². The third-order valence-corrected chi connectivity index (χ3v) is 5.03. The van der Waals surface area contributed by atoms with E-state index in [4.69, 9.17) is 0 Å². The van der Waals surface area contributed by atoms with Gasteiger partial charge in [-0.15, -0.1) is 0 Å². The van der Waals surface area contributed by atoms with Gasteiger partial charge in [0.1, 0.15) is 17.2 Å². The number of imidazole rings is 1. The molecule has 0 spiro atoms. The quantitative estimate of drug-likeness (QED) is 0.771. The van der Waals surface area contributed by atoms with Gasteiger partial charge in [0.2, 0.25) is 5.95 Å². The number of rotatable bonds is 5. The van der Waals surface area contributed by atoms with Crippen LogP contribution in [0, 0.1) is 0 Å². The van der Waals surface area contributed by atoms with Gasteiger partial charge in [-0.3, -0.25) is 14.7 Å². The van der Waals surface area contributed by atoms with Gasteiger partial charge in [-0.1, -0.05) is 6.92 Å². The zero-order valence-electron chi connectivity index (χ0n) is 15.2. The molecule has 3 N–H and O–H groups in total. The number of hydrogen-bond donors (Lipinski definition) is 3. The van der Waals surface area contributed by atoms with E-state index in [1.165, 1.54) is 0 Å². The van der Waals surface area contributed by atoms with Crippen LogP contribution in [0.5, 0.6) is 0 Å². The van der Waals surface area contributed by atoms with Crippen molar-refractivity contribution in [2.75, 3.05) is 5.32 Å². The van der Waals surface area contributed by atoms with Crippen molar-refractivity contribution < 1.29 is 15.0 Å². The Hall–Kier alpha value is -1.99. The molecule has 0 bridgehead atoms. The Bertz CT molecular complexity index is 802. The first-order valence-corrected chi connectivity index (χ1v) is 8.77. The van der Waals surface area contributed by atoms with Crippen LogP contribution in [0.4, 0.5) is 5.95 Å². The highest BCUT2D eigenvalue weighted by Crippen LogP contribution is 2.42. The molecule has 1 atom stereocenters. The summed E-state index contributed by atoms with van der Waals surface area (Å²) in [6.07, 6.45) is 2.30. The van der Waals surface area contributed by atoms with Crippen molar-refractivity contribution in [3.05, 3.63) is 17.8 Å². The first kappa shape index (κ1) is 17.8. The highest BCUT2D eigenvalue weighted by molar-refractivity contribution is 5.94. The topological polar surface area (TPSA) is 100 Å². The first-order valence-electron chi connectivity index (χ1n) is 8.77. The van der Waals surface area contributed by atoms with E-state index < -0.39 is 17.6 Å². The second-order valence-electron chi connectivity index (χ2n) is 7.63. The molecule has 1 aliphatic rings. The molecule has 0 radical (unpaired) electrons. The molecule has 1 saturated carbocycles. The standard InChI is InChI=1S/C18H26N4O3/c1-5-12(23)15(24)21-16-19-11-7-8-13(17(2,3)25)20-14(11)22(16)18(4)9-6-10-18/h7-8,12,23,25H,5-6,9-10H2,1-4H3,(H,19,21,24)/t12-/m1/s1. The minimum atomic E-state index is -1.07.